The summed E-state index contributed by atoms with van der Waals surface area (Å²) in [4.78, 5) is 24.3. The molecule has 1 aliphatic rings. The highest BCUT2D eigenvalue weighted by Crippen LogP contribution is 2.35. The normalized spacial score (nSPS) is 18.3. The number of likely N-dealkylation sites (tertiary alicyclic amines) is 1. The van der Waals surface area contributed by atoms with Crippen molar-refractivity contribution in [2.75, 3.05) is 19.7 Å². The van der Waals surface area contributed by atoms with Gasteiger partial charge in [0.15, 0.2) is 11.6 Å². The maximum Gasteiger partial charge on any atom is 0.410 e. The predicted molar refractivity (Wildman–Crippen MR) is 133 cm³/mol. The molecule has 12 heteroatoms. The molecular formula is C25H29ClF2N2O6S. The SMILES string of the molecule is CC(=O)NS(=O)(=O)c1cc(F)c(OCC2CN(C(=O)OC(C)(C)C)CCC2c2ccc(Cl)cc2)cc1F. The molecule has 1 heterocycles. The number of nitrogens with zero attached hydrogens (tertiary/aromatic N) is 1. The molecule has 1 aliphatic heterocycles. The van der Waals surface area contributed by atoms with Gasteiger partial charge >= 0.3 is 6.09 Å². The summed E-state index contributed by atoms with van der Waals surface area (Å²) in [6.07, 6.45) is 0.0800. The lowest BCUT2D eigenvalue weighted by molar-refractivity contribution is -0.117. The maximum atomic E-state index is 14.7. The minimum absolute atomic E-state index is 0.0803. The minimum Gasteiger partial charge on any atom is -0.490 e. The minimum atomic E-state index is -4.58. The Morgan fingerprint density at radius 1 is 1.14 bits per heavy atom. The summed E-state index contributed by atoms with van der Waals surface area (Å²) in [5.74, 6) is -4.24. The smallest absolute Gasteiger partial charge is 0.410 e. The molecule has 0 aromatic heterocycles. The quantitative estimate of drug-likeness (QED) is 0.543. The molecule has 2 atom stereocenters. The Labute approximate surface area is 219 Å². The summed E-state index contributed by atoms with van der Waals surface area (Å²) in [5, 5.41) is 0.564. The maximum absolute atomic E-state index is 14.7. The van der Waals surface area contributed by atoms with Crippen molar-refractivity contribution in [3.05, 3.63) is 58.6 Å². The summed E-state index contributed by atoms with van der Waals surface area (Å²) < 4.78 is 66.2. The first kappa shape index (κ1) is 28.6. The number of carbonyl (C=O) groups is 2. The number of ether oxygens (including phenoxy) is 2. The first-order valence-electron chi connectivity index (χ1n) is 11.5. The molecule has 8 nitrogen and oxygen atoms in total. The largest absolute Gasteiger partial charge is 0.490 e. The van der Waals surface area contributed by atoms with Gasteiger partial charge in [-0.1, -0.05) is 23.7 Å². The van der Waals surface area contributed by atoms with E-state index >= 15 is 0 Å². The number of carbonyl (C=O) groups excluding carboxylic acids is 2. The van der Waals surface area contributed by atoms with E-state index in [-0.39, 0.29) is 25.0 Å². The van der Waals surface area contributed by atoms with E-state index in [0.29, 0.717) is 30.1 Å². The number of amides is 2. The standard InChI is InChI=1S/C25H29ClF2N2O6S/c1-15(31)29-37(33,34)23-12-20(27)22(11-21(23)28)35-14-17-13-30(24(32)36-25(2,3)4)10-9-19(17)16-5-7-18(26)8-6-16/h5-8,11-12,17,19H,9-10,13-14H2,1-4H3,(H,29,31). The average Bonchev–Trinajstić information content (AvgIpc) is 2.77. The van der Waals surface area contributed by atoms with Crippen LogP contribution in [0.5, 0.6) is 5.75 Å². The lowest BCUT2D eigenvalue weighted by Gasteiger charge is -2.39. The van der Waals surface area contributed by atoms with E-state index in [1.165, 1.54) is 0 Å². The van der Waals surface area contributed by atoms with Crippen LogP contribution in [-0.2, 0) is 19.6 Å². The number of sulfonamides is 1. The molecule has 0 bridgehead atoms. The second kappa shape index (κ2) is 11.2. The van der Waals surface area contributed by atoms with E-state index in [9.17, 15) is 26.8 Å². The lowest BCUT2D eigenvalue weighted by atomic mass is 9.81. The van der Waals surface area contributed by atoms with E-state index in [1.54, 1.807) is 42.5 Å². The molecule has 3 rings (SSSR count). The molecule has 1 saturated heterocycles. The van der Waals surface area contributed by atoms with Crippen LogP contribution in [0.4, 0.5) is 13.6 Å². The number of hydrogen-bond donors (Lipinski definition) is 1. The fourth-order valence-electron chi connectivity index (χ4n) is 4.11. The molecular weight excluding hydrogens is 530 g/mol. The summed E-state index contributed by atoms with van der Waals surface area (Å²) in [6, 6.07) is 8.31. The molecule has 2 unspecified atom stereocenters. The van der Waals surface area contributed by atoms with Gasteiger partial charge in [-0.2, -0.15) is 0 Å². The van der Waals surface area contributed by atoms with Crippen molar-refractivity contribution in [2.24, 2.45) is 5.92 Å². The third-order valence-corrected chi connectivity index (χ3v) is 7.39. The van der Waals surface area contributed by atoms with Gasteiger partial charge in [-0.25, -0.2) is 26.7 Å². The van der Waals surface area contributed by atoms with Crippen molar-refractivity contribution in [3.8, 4) is 5.75 Å². The first-order chi connectivity index (χ1) is 17.2. The Bertz CT molecular complexity index is 1270. The fourth-order valence-corrected chi connectivity index (χ4v) is 5.30. The van der Waals surface area contributed by atoms with Crippen LogP contribution in [0.15, 0.2) is 41.3 Å². The van der Waals surface area contributed by atoms with Gasteiger partial charge in [0.05, 0.1) is 6.61 Å². The molecule has 2 aromatic rings. The van der Waals surface area contributed by atoms with E-state index < -0.39 is 49.9 Å². The van der Waals surface area contributed by atoms with E-state index in [0.717, 1.165) is 12.5 Å². The molecule has 1 fully saturated rings. The van der Waals surface area contributed by atoms with Crippen LogP contribution in [0.1, 0.15) is 45.6 Å². The molecule has 0 saturated carbocycles. The molecule has 2 aromatic carbocycles. The van der Waals surface area contributed by atoms with Crippen LogP contribution in [-0.4, -0.2) is 50.6 Å². The van der Waals surface area contributed by atoms with Crippen LogP contribution in [0.25, 0.3) is 0 Å². The van der Waals surface area contributed by atoms with Crippen LogP contribution in [0.2, 0.25) is 5.02 Å². The van der Waals surface area contributed by atoms with Gasteiger partial charge in [-0.3, -0.25) is 4.79 Å². The number of rotatable bonds is 6. The van der Waals surface area contributed by atoms with Gasteiger partial charge in [-0.05, 0) is 50.8 Å². The Morgan fingerprint density at radius 3 is 2.38 bits per heavy atom. The molecule has 1 N–H and O–H groups in total. The van der Waals surface area contributed by atoms with Crippen LogP contribution in [0.3, 0.4) is 0 Å². The topological polar surface area (TPSA) is 102 Å². The Kier molecular flexibility index (Phi) is 8.69. The third kappa shape index (κ3) is 7.54. The second-order valence-electron chi connectivity index (χ2n) is 9.82. The summed E-state index contributed by atoms with van der Waals surface area (Å²) in [7, 11) is -4.58. The van der Waals surface area contributed by atoms with Crippen LogP contribution in [0, 0.1) is 17.6 Å². The zero-order valence-corrected chi connectivity index (χ0v) is 22.5. The number of hydrogen-bond acceptors (Lipinski definition) is 6. The zero-order valence-electron chi connectivity index (χ0n) is 20.9. The Balaban J connectivity index is 1.83. The van der Waals surface area contributed by atoms with Crippen molar-refractivity contribution in [1.29, 1.82) is 0 Å². The number of halogens is 3. The fraction of sp³-hybridized carbons (Fsp3) is 0.440. The number of nitrogens with one attached hydrogen (secondary N) is 1. The van der Waals surface area contributed by atoms with Gasteiger partial charge in [0.2, 0.25) is 5.91 Å². The molecule has 0 aliphatic carbocycles. The Hall–Kier alpha value is -2.92. The average molecular weight is 559 g/mol. The van der Waals surface area contributed by atoms with E-state index in [4.69, 9.17) is 21.1 Å². The summed E-state index contributed by atoms with van der Waals surface area (Å²) in [5.41, 5.74) is 0.265. The van der Waals surface area contributed by atoms with Gasteiger partial charge in [0, 0.05) is 43.1 Å². The highest BCUT2D eigenvalue weighted by Gasteiger charge is 2.35. The summed E-state index contributed by atoms with van der Waals surface area (Å²) >= 11 is 6.02. The Morgan fingerprint density at radius 2 is 1.78 bits per heavy atom. The van der Waals surface area contributed by atoms with Gasteiger partial charge in [-0.15, -0.1) is 0 Å². The van der Waals surface area contributed by atoms with Gasteiger partial charge in [0.25, 0.3) is 10.0 Å². The molecule has 37 heavy (non-hydrogen) atoms. The molecule has 0 radical (unpaired) electrons. The van der Waals surface area contributed by atoms with E-state index in [2.05, 4.69) is 0 Å². The second-order valence-corrected chi connectivity index (χ2v) is 11.9. The molecule has 2 amide bonds. The first-order valence-corrected chi connectivity index (χ1v) is 13.4. The number of piperidine rings is 1. The van der Waals surface area contributed by atoms with Crippen molar-refractivity contribution in [3.63, 3.8) is 0 Å². The predicted octanol–water partition coefficient (Wildman–Crippen LogP) is 4.86. The van der Waals surface area contributed by atoms with Gasteiger partial charge in [0.1, 0.15) is 16.3 Å². The highest BCUT2D eigenvalue weighted by molar-refractivity contribution is 7.90. The zero-order chi connectivity index (χ0) is 27.5. The number of benzene rings is 2. The van der Waals surface area contributed by atoms with Crippen LogP contribution >= 0.6 is 11.6 Å². The summed E-state index contributed by atoms with van der Waals surface area (Å²) in [6.45, 7) is 6.79. The van der Waals surface area contributed by atoms with E-state index in [1.807, 2.05) is 12.1 Å². The van der Waals surface area contributed by atoms with Crippen molar-refractivity contribution >= 4 is 33.6 Å². The lowest BCUT2D eigenvalue weighted by Crippen LogP contribution is -2.46. The monoisotopic (exact) mass is 558 g/mol. The third-order valence-electron chi connectivity index (χ3n) is 5.69. The highest BCUT2D eigenvalue weighted by atomic mass is 35.5. The van der Waals surface area contributed by atoms with Crippen molar-refractivity contribution in [2.45, 2.75) is 50.5 Å². The van der Waals surface area contributed by atoms with Crippen molar-refractivity contribution in [1.82, 2.24) is 9.62 Å². The molecule has 202 valence electrons. The van der Waals surface area contributed by atoms with Gasteiger partial charge < -0.3 is 14.4 Å². The van der Waals surface area contributed by atoms with Crippen molar-refractivity contribution < 1.29 is 36.3 Å². The van der Waals surface area contributed by atoms with Crippen LogP contribution < -0.4 is 9.46 Å². The molecule has 0 spiro atoms.